The van der Waals surface area contributed by atoms with Crippen LogP contribution in [0.4, 0.5) is 17.6 Å². The molecule has 192 valence electrons. The molecular formula is C24H29F4N3O3S. The highest BCUT2D eigenvalue weighted by molar-refractivity contribution is 7.92. The van der Waals surface area contributed by atoms with Crippen molar-refractivity contribution in [3.8, 4) is 0 Å². The Hall–Kier alpha value is -2.40. The highest BCUT2D eigenvalue weighted by atomic mass is 32.2. The highest BCUT2D eigenvalue weighted by Crippen LogP contribution is 2.45. The summed E-state index contributed by atoms with van der Waals surface area (Å²) < 4.78 is 81.5. The fourth-order valence-corrected chi connectivity index (χ4v) is 6.61. The molecule has 0 atom stereocenters. The van der Waals surface area contributed by atoms with E-state index in [0.29, 0.717) is 23.7 Å². The van der Waals surface area contributed by atoms with Gasteiger partial charge in [-0.1, -0.05) is 0 Å². The van der Waals surface area contributed by atoms with Crippen molar-refractivity contribution in [2.75, 3.05) is 26.7 Å². The summed E-state index contributed by atoms with van der Waals surface area (Å²) in [6.07, 6.45) is -4.08. The second kappa shape index (κ2) is 8.62. The first-order valence-electron chi connectivity index (χ1n) is 11.5. The largest absolute Gasteiger partial charge is 0.431 e. The van der Waals surface area contributed by atoms with Gasteiger partial charge in [-0.15, -0.1) is 0 Å². The summed E-state index contributed by atoms with van der Waals surface area (Å²) in [7, 11) is -1.71. The third-order valence-corrected chi connectivity index (χ3v) is 9.71. The van der Waals surface area contributed by atoms with Crippen LogP contribution in [0.15, 0.2) is 29.2 Å². The zero-order valence-corrected chi connectivity index (χ0v) is 20.9. The minimum Gasteiger partial charge on any atom is -0.338 e. The van der Waals surface area contributed by atoms with Crippen molar-refractivity contribution in [2.45, 2.75) is 62.0 Å². The van der Waals surface area contributed by atoms with Crippen LogP contribution in [0.25, 0.3) is 0 Å². The van der Waals surface area contributed by atoms with Gasteiger partial charge in [-0.05, 0) is 64.4 Å². The van der Waals surface area contributed by atoms with Crippen molar-refractivity contribution in [1.82, 2.24) is 14.4 Å². The molecule has 35 heavy (non-hydrogen) atoms. The van der Waals surface area contributed by atoms with Crippen molar-refractivity contribution < 1.29 is 30.8 Å². The average molecular weight is 516 g/mol. The lowest BCUT2D eigenvalue weighted by atomic mass is 9.81. The van der Waals surface area contributed by atoms with E-state index in [1.54, 1.807) is 38.8 Å². The number of aryl methyl sites for hydroxylation is 1. The number of nitrogens with zero attached hydrogens (tertiary/aromatic N) is 3. The Morgan fingerprint density at radius 3 is 2.23 bits per heavy atom. The molecule has 1 fully saturated rings. The first kappa shape index (κ1) is 25.7. The zero-order chi connectivity index (χ0) is 25.9. The summed E-state index contributed by atoms with van der Waals surface area (Å²) in [6.45, 7) is 5.68. The monoisotopic (exact) mass is 515 g/mol. The Balaban J connectivity index is 1.59. The molecule has 2 aliphatic rings. The first-order valence-corrected chi connectivity index (χ1v) is 13.1. The molecule has 0 N–H and O–H groups in total. The second-order valence-electron chi connectivity index (χ2n) is 9.69. The molecule has 2 aromatic rings. The van der Waals surface area contributed by atoms with Gasteiger partial charge in [0.2, 0.25) is 0 Å². The number of piperidine rings is 1. The molecule has 0 aliphatic carbocycles. The van der Waals surface area contributed by atoms with E-state index in [-0.39, 0.29) is 49.0 Å². The smallest absolute Gasteiger partial charge is 0.338 e. The number of benzene rings is 1. The Morgan fingerprint density at radius 1 is 1.06 bits per heavy atom. The van der Waals surface area contributed by atoms with Gasteiger partial charge < -0.3 is 9.47 Å². The number of halogens is 4. The summed E-state index contributed by atoms with van der Waals surface area (Å²) in [4.78, 5) is 16.8. The summed E-state index contributed by atoms with van der Waals surface area (Å²) in [5.41, 5.74) is -1.07. The van der Waals surface area contributed by atoms with Crippen LogP contribution in [0.1, 0.15) is 54.0 Å². The number of amides is 1. The Labute approximate surface area is 202 Å². The zero-order valence-electron chi connectivity index (χ0n) is 20.1. The van der Waals surface area contributed by atoms with E-state index in [9.17, 15) is 30.8 Å². The number of aromatic nitrogens is 1. The lowest BCUT2D eigenvalue weighted by molar-refractivity contribution is -0.144. The summed E-state index contributed by atoms with van der Waals surface area (Å²) in [6, 6.07) is 5.06. The van der Waals surface area contributed by atoms with Gasteiger partial charge in [0.15, 0.2) is 9.84 Å². The third-order valence-electron chi connectivity index (χ3n) is 7.40. The number of carbonyl (C=O) groups excluding carboxylic acids is 1. The van der Waals surface area contributed by atoms with Crippen molar-refractivity contribution in [3.63, 3.8) is 0 Å². The second-order valence-corrected chi connectivity index (χ2v) is 12.2. The van der Waals surface area contributed by atoms with Gasteiger partial charge in [0.1, 0.15) is 11.5 Å². The van der Waals surface area contributed by atoms with Crippen LogP contribution in [-0.2, 0) is 28.1 Å². The summed E-state index contributed by atoms with van der Waals surface area (Å²) in [5, 5.41) is -0.592. The van der Waals surface area contributed by atoms with Gasteiger partial charge in [0.05, 0.1) is 21.4 Å². The fraction of sp³-hybridized carbons (Fsp3) is 0.542. The number of hydrogen-bond donors (Lipinski definition) is 0. The van der Waals surface area contributed by atoms with E-state index in [2.05, 4.69) is 0 Å². The van der Waals surface area contributed by atoms with Gasteiger partial charge in [0, 0.05) is 37.8 Å². The number of hydrogen-bond acceptors (Lipinski definition) is 4. The highest BCUT2D eigenvalue weighted by Gasteiger charge is 2.49. The van der Waals surface area contributed by atoms with E-state index < -0.39 is 38.3 Å². The van der Waals surface area contributed by atoms with Gasteiger partial charge in [0.25, 0.3) is 5.91 Å². The molecular weight excluding hydrogens is 486 g/mol. The number of alkyl halides is 3. The number of rotatable bonds is 3. The molecule has 0 unspecified atom stereocenters. The summed E-state index contributed by atoms with van der Waals surface area (Å²) in [5.74, 6) is -1.16. The molecule has 1 aromatic heterocycles. The molecule has 0 bridgehead atoms. The number of sulfone groups is 1. The average Bonchev–Trinajstić information content (AvgIpc) is 3.14. The summed E-state index contributed by atoms with van der Waals surface area (Å²) >= 11 is 0. The normalized spacial score (nSPS) is 18.8. The Bertz CT molecular complexity index is 1260. The SMILES string of the molecule is Cc1cc(C(=O)N2CCC3(CC2)c2c(F)cc(C(F)(F)F)n2CCN3C)ccc1S(=O)(=O)C(C)C. The lowest BCUT2D eigenvalue weighted by Gasteiger charge is -2.50. The van der Waals surface area contributed by atoms with Crippen molar-refractivity contribution in [2.24, 2.45) is 0 Å². The van der Waals surface area contributed by atoms with E-state index in [0.717, 1.165) is 4.57 Å². The van der Waals surface area contributed by atoms with E-state index >= 15 is 0 Å². The standard InChI is InChI=1S/C24H29F4N3O3S/c1-15(2)35(33,34)19-6-5-17(13-16(19)3)22(32)30-9-7-23(8-10-30)21-18(25)14-20(24(26,27)28)31(21)12-11-29(23)4/h5-6,13-15H,7-12H2,1-4H3. The Kier molecular flexibility index (Phi) is 6.32. The van der Waals surface area contributed by atoms with E-state index in [4.69, 9.17) is 0 Å². The van der Waals surface area contributed by atoms with Crippen LogP contribution in [-0.4, -0.2) is 60.6 Å². The Morgan fingerprint density at radius 2 is 1.69 bits per heavy atom. The van der Waals surface area contributed by atoms with Crippen LogP contribution in [0.3, 0.4) is 0 Å². The topological polar surface area (TPSA) is 62.6 Å². The molecule has 1 spiro atoms. The van der Waals surface area contributed by atoms with Crippen LogP contribution in [0, 0.1) is 12.7 Å². The van der Waals surface area contributed by atoms with Crippen molar-refractivity contribution >= 4 is 15.7 Å². The maximum Gasteiger partial charge on any atom is 0.431 e. The minimum absolute atomic E-state index is 0.0322. The van der Waals surface area contributed by atoms with E-state index in [1.807, 2.05) is 4.90 Å². The third kappa shape index (κ3) is 4.16. The molecule has 3 heterocycles. The molecule has 0 radical (unpaired) electrons. The molecule has 1 aromatic carbocycles. The van der Waals surface area contributed by atoms with Gasteiger partial charge >= 0.3 is 6.18 Å². The molecule has 6 nitrogen and oxygen atoms in total. The number of fused-ring (bicyclic) bond motifs is 2. The molecule has 1 saturated heterocycles. The van der Waals surface area contributed by atoms with Gasteiger partial charge in [-0.3, -0.25) is 9.69 Å². The van der Waals surface area contributed by atoms with Gasteiger partial charge in [-0.25, -0.2) is 12.8 Å². The molecule has 1 amide bonds. The van der Waals surface area contributed by atoms with Crippen LogP contribution >= 0.6 is 0 Å². The lowest BCUT2D eigenvalue weighted by Crippen LogP contribution is -2.57. The van der Waals surface area contributed by atoms with Gasteiger partial charge in [-0.2, -0.15) is 13.2 Å². The first-order chi connectivity index (χ1) is 16.2. The van der Waals surface area contributed by atoms with Crippen LogP contribution < -0.4 is 0 Å². The maximum atomic E-state index is 14.9. The molecule has 4 rings (SSSR count). The fourth-order valence-electron chi connectivity index (χ4n) is 5.34. The predicted molar refractivity (Wildman–Crippen MR) is 122 cm³/mol. The van der Waals surface area contributed by atoms with Crippen LogP contribution in [0.5, 0.6) is 0 Å². The number of carbonyl (C=O) groups is 1. The quantitative estimate of drug-likeness (QED) is 0.575. The van der Waals surface area contributed by atoms with Crippen molar-refractivity contribution in [1.29, 1.82) is 0 Å². The van der Waals surface area contributed by atoms with Crippen molar-refractivity contribution in [3.05, 3.63) is 52.6 Å². The molecule has 2 aliphatic heterocycles. The molecule has 0 saturated carbocycles. The minimum atomic E-state index is -4.65. The van der Waals surface area contributed by atoms with Crippen LogP contribution in [0.2, 0.25) is 0 Å². The number of likely N-dealkylation sites (N-methyl/N-ethyl adjacent to an activating group) is 1. The predicted octanol–water partition coefficient (Wildman–Crippen LogP) is 4.21. The van der Waals surface area contributed by atoms with E-state index in [1.165, 1.54) is 12.1 Å². The number of likely N-dealkylation sites (tertiary alicyclic amines) is 1. The maximum absolute atomic E-state index is 14.9. The molecule has 11 heteroatoms.